The average molecular weight is 393 g/mol. The van der Waals surface area contributed by atoms with Gasteiger partial charge in [0.25, 0.3) is 5.91 Å². The number of methoxy groups -OCH3 is 2. The molecule has 3 aromatic rings. The van der Waals surface area contributed by atoms with Crippen molar-refractivity contribution in [2.45, 2.75) is 19.3 Å². The van der Waals surface area contributed by atoms with E-state index in [1.807, 2.05) is 43.3 Å². The van der Waals surface area contributed by atoms with Gasteiger partial charge in [-0.2, -0.15) is 5.10 Å². The van der Waals surface area contributed by atoms with Gasteiger partial charge in [-0.1, -0.05) is 42.0 Å². The number of aromatic hydroxyl groups is 1. The second kappa shape index (κ2) is 7.69. The SMILES string of the molecule is COC(CN1C(=O)c2[nH]nc(-c3ccc(C)cc3)c2C1c1ccc(O)cc1)OC. The van der Waals surface area contributed by atoms with Crippen molar-refractivity contribution in [3.8, 4) is 17.0 Å². The molecule has 1 unspecified atom stereocenters. The Morgan fingerprint density at radius 2 is 1.76 bits per heavy atom. The minimum atomic E-state index is -0.557. The molecule has 1 aliphatic rings. The third kappa shape index (κ3) is 3.39. The number of aryl methyl sites for hydroxylation is 1. The number of nitrogens with one attached hydrogen (secondary N) is 1. The van der Waals surface area contributed by atoms with Crippen molar-refractivity contribution in [3.05, 3.63) is 70.9 Å². The lowest BCUT2D eigenvalue weighted by Gasteiger charge is -2.29. The number of benzene rings is 2. The summed E-state index contributed by atoms with van der Waals surface area (Å²) >= 11 is 0. The number of hydrogen-bond donors (Lipinski definition) is 2. The van der Waals surface area contributed by atoms with Crippen LogP contribution in [0.25, 0.3) is 11.3 Å². The number of rotatable bonds is 6. The first-order valence-electron chi connectivity index (χ1n) is 9.34. The van der Waals surface area contributed by atoms with Crippen molar-refractivity contribution < 1.29 is 19.4 Å². The van der Waals surface area contributed by atoms with E-state index >= 15 is 0 Å². The van der Waals surface area contributed by atoms with Gasteiger partial charge in [-0.05, 0) is 24.6 Å². The van der Waals surface area contributed by atoms with Crippen LogP contribution in [0.2, 0.25) is 0 Å². The molecule has 2 heterocycles. The summed E-state index contributed by atoms with van der Waals surface area (Å²) in [7, 11) is 3.09. The number of amides is 1. The summed E-state index contributed by atoms with van der Waals surface area (Å²) in [6.45, 7) is 2.28. The Morgan fingerprint density at radius 3 is 2.38 bits per heavy atom. The normalized spacial score (nSPS) is 15.9. The van der Waals surface area contributed by atoms with E-state index in [1.165, 1.54) is 0 Å². The van der Waals surface area contributed by atoms with Gasteiger partial charge in [-0.25, -0.2) is 0 Å². The van der Waals surface area contributed by atoms with Crippen molar-refractivity contribution in [1.82, 2.24) is 15.1 Å². The Bertz CT molecular complexity index is 1010. The van der Waals surface area contributed by atoms with Gasteiger partial charge < -0.3 is 19.5 Å². The van der Waals surface area contributed by atoms with Crippen LogP contribution in [0.1, 0.15) is 33.2 Å². The fourth-order valence-electron chi connectivity index (χ4n) is 3.73. The molecule has 0 radical (unpaired) electrons. The molecule has 0 fully saturated rings. The molecule has 4 rings (SSSR count). The van der Waals surface area contributed by atoms with Crippen LogP contribution in [0.3, 0.4) is 0 Å². The Hall–Kier alpha value is -3.16. The van der Waals surface area contributed by atoms with Crippen LogP contribution in [-0.2, 0) is 9.47 Å². The van der Waals surface area contributed by atoms with E-state index in [2.05, 4.69) is 10.2 Å². The van der Waals surface area contributed by atoms with E-state index in [4.69, 9.17) is 9.47 Å². The second-order valence-corrected chi connectivity index (χ2v) is 7.08. The predicted molar refractivity (Wildman–Crippen MR) is 108 cm³/mol. The third-order valence-electron chi connectivity index (χ3n) is 5.27. The number of phenolic OH excluding ortho intramolecular Hbond substituents is 1. The highest BCUT2D eigenvalue weighted by atomic mass is 16.7. The molecule has 0 bridgehead atoms. The summed E-state index contributed by atoms with van der Waals surface area (Å²) in [5.74, 6) is 0.00509. The van der Waals surface area contributed by atoms with Crippen molar-refractivity contribution in [3.63, 3.8) is 0 Å². The fraction of sp³-hybridized carbons (Fsp3) is 0.273. The molecule has 29 heavy (non-hydrogen) atoms. The average Bonchev–Trinajstić information content (AvgIpc) is 3.27. The highest BCUT2D eigenvalue weighted by Gasteiger charge is 2.43. The number of nitrogens with zero attached hydrogens (tertiary/aromatic N) is 2. The number of hydrogen-bond acceptors (Lipinski definition) is 5. The number of ether oxygens (including phenoxy) is 2. The van der Waals surface area contributed by atoms with Crippen LogP contribution in [-0.4, -0.2) is 53.2 Å². The minimum absolute atomic E-state index is 0.164. The zero-order valence-corrected chi connectivity index (χ0v) is 16.5. The Balaban J connectivity index is 1.84. The highest BCUT2D eigenvalue weighted by molar-refractivity contribution is 6.00. The molecule has 0 saturated carbocycles. The summed E-state index contributed by atoms with van der Waals surface area (Å²) in [4.78, 5) is 14.9. The number of aromatic amines is 1. The zero-order valence-electron chi connectivity index (χ0n) is 16.5. The smallest absolute Gasteiger partial charge is 0.273 e. The van der Waals surface area contributed by atoms with E-state index in [9.17, 15) is 9.90 Å². The van der Waals surface area contributed by atoms with Gasteiger partial charge >= 0.3 is 0 Å². The molecular formula is C22H23N3O4. The van der Waals surface area contributed by atoms with Crippen LogP contribution >= 0.6 is 0 Å². The summed E-state index contributed by atoms with van der Waals surface area (Å²) in [5.41, 5.74) is 4.97. The van der Waals surface area contributed by atoms with Gasteiger partial charge in [0.15, 0.2) is 6.29 Å². The van der Waals surface area contributed by atoms with Crippen molar-refractivity contribution in [2.24, 2.45) is 0 Å². The molecule has 2 N–H and O–H groups in total. The summed E-state index contributed by atoms with van der Waals surface area (Å²) in [6, 6.07) is 14.5. The topological polar surface area (TPSA) is 87.7 Å². The minimum Gasteiger partial charge on any atom is -0.508 e. The van der Waals surface area contributed by atoms with Crippen molar-refractivity contribution in [2.75, 3.05) is 20.8 Å². The molecular weight excluding hydrogens is 370 g/mol. The lowest BCUT2D eigenvalue weighted by Crippen LogP contribution is -2.38. The van der Waals surface area contributed by atoms with Crippen LogP contribution < -0.4 is 0 Å². The van der Waals surface area contributed by atoms with E-state index < -0.39 is 6.29 Å². The molecule has 0 saturated heterocycles. The molecule has 1 atom stereocenters. The van der Waals surface area contributed by atoms with Gasteiger partial charge in [-0.3, -0.25) is 9.89 Å². The number of phenols is 1. The molecule has 1 aliphatic heterocycles. The van der Waals surface area contributed by atoms with Crippen molar-refractivity contribution in [1.29, 1.82) is 0 Å². The lowest BCUT2D eigenvalue weighted by molar-refractivity contribution is -0.113. The second-order valence-electron chi connectivity index (χ2n) is 7.08. The molecule has 1 amide bonds. The van der Waals surface area contributed by atoms with Gasteiger partial charge in [0.05, 0.1) is 18.3 Å². The van der Waals surface area contributed by atoms with Crippen molar-refractivity contribution >= 4 is 5.91 Å². The van der Waals surface area contributed by atoms with Crippen LogP contribution in [0.4, 0.5) is 0 Å². The standard InChI is InChI=1S/C22H23N3O4/c1-13-4-6-14(7-5-13)19-18-20(24-23-19)22(27)25(12-17(28-2)29-3)21(18)15-8-10-16(26)11-9-15/h4-11,17,21,26H,12H2,1-3H3,(H,23,24). The van der Waals surface area contributed by atoms with E-state index in [1.54, 1.807) is 31.3 Å². The summed E-state index contributed by atoms with van der Waals surface area (Å²) < 4.78 is 10.7. The van der Waals surface area contributed by atoms with Crippen LogP contribution in [0.15, 0.2) is 48.5 Å². The lowest BCUT2D eigenvalue weighted by atomic mass is 9.95. The maximum absolute atomic E-state index is 13.2. The van der Waals surface area contributed by atoms with E-state index in [0.29, 0.717) is 5.69 Å². The summed E-state index contributed by atoms with van der Waals surface area (Å²) in [5, 5.41) is 17.1. The van der Waals surface area contributed by atoms with Gasteiger partial charge in [0, 0.05) is 25.3 Å². The Morgan fingerprint density at radius 1 is 1.10 bits per heavy atom. The van der Waals surface area contributed by atoms with Gasteiger partial charge in [-0.15, -0.1) is 0 Å². The molecule has 0 spiro atoms. The third-order valence-corrected chi connectivity index (χ3v) is 5.27. The summed E-state index contributed by atoms with van der Waals surface area (Å²) in [6.07, 6.45) is -0.557. The maximum Gasteiger partial charge on any atom is 0.273 e. The molecule has 7 heteroatoms. The number of H-pyrrole nitrogens is 1. The van der Waals surface area contributed by atoms with E-state index in [0.717, 1.165) is 27.9 Å². The Kier molecular flexibility index (Phi) is 5.08. The first kappa shape index (κ1) is 19.2. The largest absolute Gasteiger partial charge is 0.508 e. The molecule has 1 aromatic heterocycles. The molecule has 7 nitrogen and oxygen atoms in total. The predicted octanol–water partition coefficient (Wildman–Crippen LogP) is 3.25. The molecule has 0 aliphatic carbocycles. The zero-order chi connectivity index (χ0) is 20.5. The fourth-order valence-corrected chi connectivity index (χ4v) is 3.73. The molecule has 150 valence electrons. The highest BCUT2D eigenvalue weighted by Crippen LogP contribution is 2.43. The van der Waals surface area contributed by atoms with Crippen LogP contribution in [0.5, 0.6) is 5.75 Å². The quantitative estimate of drug-likeness (QED) is 0.628. The molecule has 2 aromatic carbocycles. The van der Waals surface area contributed by atoms with E-state index in [-0.39, 0.29) is 24.2 Å². The number of carbonyl (C=O) groups is 1. The number of carbonyl (C=O) groups excluding carboxylic acids is 1. The number of fused-ring (bicyclic) bond motifs is 1. The Labute approximate surface area is 168 Å². The first-order valence-corrected chi connectivity index (χ1v) is 9.34. The monoisotopic (exact) mass is 393 g/mol. The maximum atomic E-state index is 13.2. The number of aromatic nitrogens is 2. The van der Waals surface area contributed by atoms with Crippen LogP contribution in [0, 0.1) is 6.92 Å². The first-order chi connectivity index (χ1) is 14.0. The van der Waals surface area contributed by atoms with Gasteiger partial charge in [0.2, 0.25) is 0 Å². The van der Waals surface area contributed by atoms with Gasteiger partial charge in [0.1, 0.15) is 11.4 Å².